The Bertz CT molecular complexity index is 477. The second kappa shape index (κ2) is 7.63. The molecule has 22 heavy (non-hydrogen) atoms. The Morgan fingerprint density at radius 1 is 1.41 bits per heavy atom. The van der Waals surface area contributed by atoms with Crippen LogP contribution in [-0.2, 0) is 6.54 Å². The minimum Gasteiger partial charge on any atom is -0.394 e. The van der Waals surface area contributed by atoms with Gasteiger partial charge < -0.3 is 20.3 Å². The maximum Gasteiger partial charge on any atom is 0.315 e. The molecule has 1 aromatic heterocycles. The molecule has 2 rings (SSSR count). The van der Waals surface area contributed by atoms with Crippen LogP contribution in [0.5, 0.6) is 0 Å². The molecule has 6 heteroatoms. The summed E-state index contributed by atoms with van der Waals surface area (Å²) in [6.07, 6.45) is 5.80. The molecule has 1 aliphatic rings. The van der Waals surface area contributed by atoms with Crippen LogP contribution in [0.3, 0.4) is 0 Å². The molecule has 2 amide bonds. The number of hydrogen-bond donors (Lipinski definition) is 3. The Kier molecular flexibility index (Phi) is 5.83. The third kappa shape index (κ3) is 4.00. The van der Waals surface area contributed by atoms with Gasteiger partial charge in [0.1, 0.15) is 0 Å². The van der Waals surface area contributed by atoms with Gasteiger partial charge in [0.05, 0.1) is 24.4 Å². The number of nitrogens with zero attached hydrogens (tertiary/aromatic N) is 1. The SMILES string of the molecule is CCC(CC)c1cc(CNC(=O)NC2(CO)CCCC2)on1. The molecule has 1 saturated carbocycles. The molecule has 1 heterocycles. The summed E-state index contributed by atoms with van der Waals surface area (Å²) in [6, 6.07) is 1.64. The van der Waals surface area contributed by atoms with Gasteiger partial charge in [0.15, 0.2) is 5.76 Å². The second-order valence-corrected chi connectivity index (χ2v) is 6.18. The van der Waals surface area contributed by atoms with E-state index in [0.717, 1.165) is 44.2 Å². The number of aromatic nitrogens is 1. The van der Waals surface area contributed by atoms with Crippen molar-refractivity contribution in [3.8, 4) is 0 Å². The number of carbonyl (C=O) groups excluding carboxylic acids is 1. The first kappa shape index (κ1) is 16.8. The van der Waals surface area contributed by atoms with Crippen molar-refractivity contribution in [2.75, 3.05) is 6.61 Å². The van der Waals surface area contributed by atoms with E-state index in [1.807, 2.05) is 6.07 Å². The molecule has 0 saturated heterocycles. The molecule has 124 valence electrons. The maximum absolute atomic E-state index is 12.0. The van der Waals surface area contributed by atoms with Gasteiger partial charge in [0.25, 0.3) is 0 Å². The Morgan fingerprint density at radius 3 is 2.68 bits per heavy atom. The number of carbonyl (C=O) groups is 1. The van der Waals surface area contributed by atoms with Crippen LogP contribution >= 0.6 is 0 Å². The smallest absolute Gasteiger partial charge is 0.315 e. The lowest BCUT2D eigenvalue weighted by atomic mass is 9.99. The van der Waals surface area contributed by atoms with E-state index in [1.54, 1.807) is 0 Å². The van der Waals surface area contributed by atoms with Crippen LogP contribution in [0.1, 0.15) is 69.7 Å². The van der Waals surface area contributed by atoms with E-state index in [0.29, 0.717) is 18.2 Å². The van der Waals surface area contributed by atoms with Crippen molar-refractivity contribution < 1.29 is 14.4 Å². The van der Waals surface area contributed by atoms with Crippen molar-refractivity contribution in [1.82, 2.24) is 15.8 Å². The van der Waals surface area contributed by atoms with Crippen molar-refractivity contribution >= 4 is 6.03 Å². The zero-order valence-corrected chi connectivity index (χ0v) is 13.5. The molecule has 0 radical (unpaired) electrons. The monoisotopic (exact) mass is 309 g/mol. The van der Waals surface area contributed by atoms with Gasteiger partial charge in [-0.2, -0.15) is 0 Å². The highest BCUT2D eigenvalue weighted by atomic mass is 16.5. The first-order valence-corrected chi connectivity index (χ1v) is 8.25. The van der Waals surface area contributed by atoms with E-state index in [4.69, 9.17) is 4.52 Å². The predicted molar refractivity (Wildman–Crippen MR) is 83.5 cm³/mol. The Morgan fingerprint density at radius 2 is 2.09 bits per heavy atom. The summed E-state index contributed by atoms with van der Waals surface area (Å²) in [5.41, 5.74) is 0.497. The fourth-order valence-electron chi connectivity index (χ4n) is 3.14. The van der Waals surface area contributed by atoms with Gasteiger partial charge in [0, 0.05) is 12.0 Å². The first-order chi connectivity index (χ1) is 10.6. The minimum absolute atomic E-state index is 0.0123. The lowest BCUT2D eigenvalue weighted by Gasteiger charge is -2.27. The standard InChI is InChI=1S/C16H27N3O3/c1-3-12(4-2)14-9-13(22-19-14)10-17-15(21)18-16(11-20)7-5-6-8-16/h9,12,20H,3-8,10-11H2,1-2H3,(H2,17,18,21). The molecule has 1 fully saturated rings. The average molecular weight is 309 g/mol. The van der Waals surface area contributed by atoms with Crippen LogP contribution in [0, 0.1) is 0 Å². The van der Waals surface area contributed by atoms with Crippen molar-refractivity contribution in [3.63, 3.8) is 0 Å². The molecule has 0 bridgehead atoms. The summed E-state index contributed by atoms with van der Waals surface area (Å²) in [4.78, 5) is 12.0. The molecule has 0 aromatic carbocycles. The van der Waals surface area contributed by atoms with E-state index in [9.17, 15) is 9.90 Å². The highest BCUT2D eigenvalue weighted by molar-refractivity contribution is 5.74. The number of hydrogen-bond acceptors (Lipinski definition) is 4. The summed E-state index contributed by atoms with van der Waals surface area (Å²) >= 11 is 0. The quantitative estimate of drug-likeness (QED) is 0.722. The molecule has 1 aliphatic carbocycles. The third-order valence-corrected chi connectivity index (χ3v) is 4.65. The highest BCUT2D eigenvalue weighted by Gasteiger charge is 2.34. The molecule has 6 nitrogen and oxygen atoms in total. The van der Waals surface area contributed by atoms with Crippen LogP contribution < -0.4 is 10.6 Å². The summed E-state index contributed by atoms with van der Waals surface area (Å²) < 4.78 is 5.28. The van der Waals surface area contributed by atoms with Gasteiger partial charge >= 0.3 is 6.03 Å². The van der Waals surface area contributed by atoms with Gasteiger partial charge in [-0.05, 0) is 25.7 Å². The van der Waals surface area contributed by atoms with E-state index in [-0.39, 0.29) is 12.6 Å². The van der Waals surface area contributed by atoms with Crippen molar-refractivity contribution in [3.05, 3.63) is 17.5 Å². The van der Waals surface area contributed by atoms with Gasteiger partial charge in [-0.3, -0.25) is 0 Å². The Labute approximate surface area is 131 Å². The summed E-state index contributed by atoms with van der Waals surface area (Å²) in [7, 11) is 0. The molecule has 0 atom stereocenters. The predicted octanol–water partition coefficient (Wildman–Crippen LogP) is 2.68. The average Bonchev–Trinajstić information content (AvgIpc) is 3.17. The van der Waals surface area contributed by atoms with E-state index < -0.39 is 5.54 Å². The zero-order chi connectivity index (χ0) is 16.0. The number of urea groups is 1. The first-order valence-electron chi connectivity index (χ1n) is 8.25. The summed E-state index contributed by atoms with van der Waals surface area (Å²) in [5, 5.41) is 19.3. The molecule has 0 spiro atoms. The normalized spacial score (nSPS) is 16.9. The largest absolute Gasteiger partial charge is 0.394 e. The minimum atomic E-state index is -0.452. The van der Waals surface area contributed by atoms with E-state index >= 15 is 0 Å². The molecule has 0 aliphatic heterocycles. The maximum atomic E-state index is 12.0. The Hall–Kier alpha value is -1.56. The van der Waals surface area contributed by atoms with Crippen LogP contribution in [0.15, 0.2) is 10.6 Å². The molecular weight excluding hydrogens is 282 g/mol. The van der Waals surface area contributed by atoms with Crippen molar-refractivity contribution in [2.24, 2.45) is 0 Å². The summed E-state index contributed by atoms with van der Waals surface area (Å²) in [6.45, 7) is 4.55. The number of aliphatic hydroxyl groups excluding tert-OH is 1. The molecule has 3 N–H and O–H groups in total. The summed E-state index contributed by atoms with van der Waals surface area (Å²) in [5.74, 6) is 1.06. The van der Waals surface area contributed by atoms with Crippen LogP contribution in [-0.4, -0.2) is 28.4 Å². The van der Waals surface area contributed by atoms with Crippen LogP contribution in [0.2, 0.25) is 0 Å². The molecular formula is C16H27N3O3. The van der Waals surface area contributed by atoms with Crippen molar-refractivity contribution in [1.29, 1.82) is 0 Å². The number of nitrogens with one attached hydrogen (secondary N) is 2. The number of amides is 2. The number of aliphatic hydroxyl groups is 1. The molecule has 0 unspecified atom stereocenters. The van der Waals surface area contributed by atoms with Gasteiger partial charge in [0.2, 0.25) is 0 Å². The Balaban J connectivity index is 1.83. The fraction of sp³-hybridized carbons (Fsp3) is 0.750. The van der Waals surface area contributed by atoms with Gasteiger partial charge in [-0.25, -0.2) is 4.79 Å². The topological polar surface area (TPSA) is 87.4 Å². The highest BCUT2D eigenvalue weighted by Crippen LogP contribution is 2.29. The zero-order valence-electron chi connectivity index (χ0n) is 13.5. The van der Waals surface area contributed by atoms with E-state index in [2.05, 4.69) is 29.6 Å². The van der Waals surface area contributed by atoms with Crippen molar-refractivity contribution in [2.45, 2.75) is 70.4 Å². The fourth-order valence-corrected chi connectivity index (χ4v) is 3.14. The van der Waals surface area contributed by atoms with Crippen LogP contribution in [0.4, 0.5) is 4.79 Å². The van der Waals surface area contributed by atoms with E-state index in [1.165, 1.54) is 0 Å². The third-order valence-electron chi connectivity index (χ3n) is 4.65. The molecule has 1 aromatic rings. The second-order valence-electron chi connectivity index (χ2n) is 6.18. The van der Waals surface area contributed by atoms with Crippen LogP contribution in [0.25, 0.3) is 0 Å². The number of rotatable bonds is 7. The van der Waals surface area contributed by atoms with Gasteiger partial charge in [-0.1, -0.05) is 31.8 Å². The lowest BCUT2D eigenvalue weighted by Crippen LogP contribution is -2.52. The lowest BCUT2D eigenvalue weighted by molar-refractivity contribution is 0.162. The van der Waals surface area contributed by atoms with Gasteiger partial charge in [-0.15, -0.1) is 0 Å².